The molecule has 1 fully saturated rings. The lowest BCUT2D eigenvalue weighted by Gasteiger charge is -2.37. The van der Waals surface area contributed by atoms with Crippen LogP contribution in [0.2, 0.25) is 0 Å². The van der Waals surface area contributed by atoms with Gasteiger partial charge in [-0.3, -0.25) is 4.79 Å². The molecule has 1 saturated heterocycles. The highest BCUT2D eigenvalue weighted by Crippen LogP contribution is 2.25. The molecule has 0 bridgehead atoms. The summed E-state index contributed by atoms with van der Waals surface area (Å²) in [6.45, 7) is 1.35. The third-order valence-electron chi connectivity index (χ3n) is 4.85. The summed E-state index contributed by atoms with van der Waals surface area (Å²) >= 11 is 0. The van der Waals surface area contributed by atoms with Crippen molar-refractivity contribution in [1.29, 1.82) is 0 Å². The van der Waals surface area contributed by atoms with Crippen LogP contribution in [0.5, 0.6) is 0 Å². The fourth-order valence-electron chi connectivity index (χ4n) is 3.42. The minimum Gasteiger partial charge on any atom is -0.379 e. The number of aromatic nitrogens is 1. The van der Waals surface area contributed by atoms with E-state index in [1.54, 1.807) is 20.2 Å². The van der Waals surface area contributed by atoms with Crippen LogP contribution in [0.4, 0.5) is 5.82 Å². The zero-order chi connectivity index (χ0) is 17.6. The molecule has 1 amide bonds. The lowest BCUT2D eigenvalue weighted by molar-refractivity contribution is -0.00715. The Bertz CT molecular complexity index is 705. The lowest BCUT2D eigenvalue weighted by atomic mass is 9.87. The number of piperidine rings is 1. The van der Waals surface area contributed by atoms with E-state index in [2.05, 4.69) is 34.6 Å². The van der Waals surface area contributed by atoms with Crippen molar-refractivity contribution in [3.63, 3.8) is 0 Å². The minimum absolute atomic E-state index is 0.0303. The van der Waals surface area contributed by atoms with E-state index in [0.29, 0.717) is 24.0 Å². The van der Waals surface area contributed by atoms with Crippen molar-refractivity contribution in [3.05, 3.63) is 59.8 Å². The van der Waals surface area contributed by atoms with Gasteiger partial charge in [0.2, 0.25) is 0 Å². The highest BCUT2D eigenvalue weighted by molar-refractivity contribution is 5.92. The first-order chi connectivity index (χ1) is 12.2. The third-order valence-corrected chi connectivity index (χ3v) is 4.85. The monoisotopic (exact) mass is 339 g/mol. The number of ether oxygens (including phenoxy) is 1. The lowest BCUT2D eigenvalue weighted by Crippen LogP contribution is -2.48. The molecule has 25 heavy (non-hydrogen) atoms. The van der Waals surface area contributed by atoms with Crippen LogP contribution in [0.3, 0.4) is 0 Å². The van der Waals surface area contributed by atoms with Crippen molar-refractivity contribution in [2.24, 2.45) is 5.92 Å². The standard InChI is InChI=1S/C20H25N3O2/c1-21-19-10-6-9-17(22-19)20(24)23-12-11-16(18(14-23)25-2)13-15-7-4-3-5-8-15/h3-10,16,18H,11-14H2,1-2H3,(H,21,22)/t16-,18+/m1/s1. The van der Waals surface area contributed by atoms with Gasteiger partial charge in [-0.2, -0.15) is 0 Å². The van der Waals surface area contributed by atoms with Gasteiger partial charge in [0.1, 0.15) is 11.5 Å². The number of carbonyl (C=O) groups excluding carboxylic acids is 1. The molecule has 1 aliphatic rings. The Morgan fingerprint density at radius 2 is 2.04 bits per heavy atom. The van der Waals surface area contributed by atoms with E-state index in [-0.39, 0.29) is 12.0 Å². The predicted molar refractivity (Wildman–Crippen MR) is 98.7 cm³/mol. The Morgan fingerprint density at radius 1 is 1.24 bits per heavy atom. The van der Waals surface area contributed by atoms with Gasteiger partial charge in [0.05, 0.1) is 6.10 Å². The third kappa shape index (κ3) is 4.17. The molecule has 1 aliphatic heterocycles. The number of methoxy groups -OCH3 is 1. The molecule has 1 N–H and O–H groups in total. The molecule has 1 aromatic carbocycles. The van der Waals surface area contributed by atoms with Crippen molar-refractivity contribution >= 4 is 11.7 Å². The normalized spacial score (nSPS) is 20.3. The van der Waals surface area contributed by atoms with E-state index < -0.39 is 0 Å². The van der Waals surface area contributed by atoms with Gasteiger partial charge in [-0.05, 0) is 36.5 Å². The number of amides is 1. The maximum Gasteiger partial charge on any atom is 0.272 e. The molecule has 0 spiro atoms. The van der Waals surface area contributed by atoms with Gasteiger partial charge in [-0.25, -0.2) is 4.98 Å². The highest BCUT2D eigenvalue weighted by atomic mass is 16.5. The Hall–Kier alpha value is -2.40. The van der Waals surface area contributed by atoms with E-state index in [9.17, 15) is 4.79 Å². The molecule has 2 heterocycles. The number of likely N-dealkylation sites (tertiary alicyclic amines) is 1. The largest absolute Gasteiger partial charge is 0.379 e. The van der Waals surface area contributed by atoms with Gasteiger partial charge in [0.25, 0.3) is 5.91 Å². The molecule has 0 unspecified atom stereocenters. The van der Waals surface area contributed by atoms with Crippen molar-refractivity contribution in [2.45, 2.75) is 18.9 Å². The molecule has 5 heteroatoms. The van der Waals surface area contributed by atoms with Crippen LogP contribution in [0.25, 0.3) is 0 Å². The smallest absolute Gasteiger partial charge is 0.272 e. The quantitative estimate of drug-likeness (QED) is 0.910. The van der Waals surface area contributed by atoms with Gasteiger partial charge in [0, 0.05) is 27.2 Å². The SMILES string of the molecule is CNc1cccc(C(=O)N2CC[C@H](Cc3ccccc3)[C@@H](OC)C2)n1. The van der Waals surface area contributed by atoms with Gasteiger partial charge in [0.15, 0.2) is 0 Å². The molecular formula is C20H25N3O2. The number of hydrogen-bond donors (Lipinski definition) is 1. The zero-order valence-corrected chi connectivity index (χ0v) is 14.8. The number of nitrogens with one attached hydrogen (secondary N) is 1. The van der Waals surface area contributed by atoms with Crippen molar-refractivity contribution in [3.8, 4) is 0 Å². The van der Waals surface area contributed by atoms with E-state index in [0.717, 1.165) is 19.4 Å². The van der Waals surface area contributed by atoms with Crippen LogP contribution in [0.1, 0.15) is 22.5 Å². The fourth-order valence-corrected chi connectivity index (χ4v) is 3.42. The summed E-state index contributed by atoms with van der Waals surface area (Å²) in [6.07, 6.45) is 1.96. The fraction of sp³-hybridized carbons (Fsp3) is 0.400. The van der Waals surface area contributed by atoms with Crippen LogP contribution < -0.4 is 5.32 Å². The maximum atomic E-state index is 12.8. The van der Waals surface area contributed by atoms with E-state index in [1.807, 2.05) is 23.1 Å². The predicted octanol–water partition coefficient (Wildman–Crippen LogP) is 2.84. The minimum atomic E-state index is -0.0303. The second-order valence-corrected chi connectivity index (χ2v) is 6.42. The summed E-state index contributed by atoms with van der Waals surface area (Å²) in [7, 11) is 3.53. The Kier molecular flexibility index (Phi) is 5.66. The highest BCUT2D eigenvalue weighted by Gasteiger charge is 2.32. The average Bonchev–Trinajstić information content (AvgIpc) is 2.68. The molecule has 2 aromatic rings. The van der Waals surface area contributed by atoms with Crippen LogP contribution in [0.15, 0.2) is 48.5 Å². The molecule has 132 valence electrons. The summed E-state index contributed by atoms with van der Waals surface area (Å²) < 4.78 is 5.71. The van der Waals surface area contributed by atoms with Gasteiger partial charge >= 0.3 is 0 Å². The molecule has 0 radical (unpaired) electrons. The number of carbonyl (C=O) groups is 1. The van der Waals surface area contributed by atoms with Gasteiger partial charge < -0.3 is 15.0 Å². The van der Waals surface area contributed by atoms with E-state index in [1.165, 1.54) is 5.56 Å². The Balaban J connectivity index is 1.67. The Labute approximate surface area is 149 Å². The molecular weight excluding hydrogens is 314 g/mol. The first-order valence-corrected chi connectivity index (χ1v) is 8.72. The number of benzene rings is 1. The molecule has 1 aromatic heterocycles. The van der Waals surface area contributed by atoms with E-state index in [4.69, 9.17) is 4.74 Å². The number of pyridine rings is 1. The molecule has 2 atom stereocenters. The maximum absolute atomic E-state index is 12.8. The number of nitrogens with zero attached hydrogens (tertiary/aromatic N) is 2. The van der Waals surface area contributed by atoms with Crippen LogP contribution >= 0.6 is 0 Å². The summed E-state index contributed by atoms with van der Waals surface area (Å²) in [5, 5.41) is 2.97. The summed E-state index contributed by atoms with van der Waals surface area (Å²) in [6, 6.07) is 15.9. The zero-order valence-electron chi connectivity index (χ0n) is 14.8. The van der Waals surface area contributed by atoms with Crippen molar-refractivity contribution in [1.82, 2.24) is 9.88 Å². The Morgan fingerprint density at radius 3 is 2.76 bits per heavy atom. The van der Waals surface area contributed by atoms with Gasteiger partial charge in [-0.15, -0.1) is 0 Å². The van der Waals surface area contributed by atoms with Crippen molar-refractivity contribution in [2.75, 3.05) is 32.6 Å². The molecule has 3 rings (SSSR count). The molecule has 5 nitrogen and oxygen atoms in total. The number of rotatable bonds is 5. The topological polar surface area (TPSA) is 54.5 Å². The molecule has 0 saturated carbocycles. The van der Waals surface area contributed by atoms with Crippen LogP contribution in [-0.4, -0.2) is 49.1 Å². The number of hydrogen-bond acceptors (Lipinski definition) is 4. The van der Waals surface area contributed by atoms with Crippen LogP contribution in [-0.2, 0) is 11.2 Å². The first-order valence-electron chi connectivity index (χ1n) is 8.72. The summed E-state index contributed by atoms with van der Waals surface area (Å²) in [4.78, 5) is 19.0. The second-order valence-electron chi connectivity index (χ2n) is 6.42. The summed E-state index contributed by atoms with van der Waals surface area (Å²) in [5.41, 5.74) is 1.79. The van der Waals surface area contributed by atoms with Crippen LogP contribution in [0, 0.1) is 5.92 Å². The van der Waals surface area contributed by atoms with E-state index >= 15 is 0 Å². The number of anilines is 1. The van der Waals surface area contributed by atoms with Crippen molar-refractivity contribution < 1.29 is 9.53 Å². The summed E-state index contributed by atoms with van der Waals surface area (Å²) in [5.74, 6) is 1.10. The molecule has 0 aliphatic carbocycles. The first kappa shape index (κ1) is 17.4. The second kappa shape index (κ2) is 8.12. The van der Waals surface area contributed by atoms with Gasteiger partial charge in [-0.1, -0.05) is 36.4 Å². The average molecular weight is 339 g/mol.